The van der Waals surface area contributed by atoms with E-state index >= 15 is 0 Å². The van der Waals surface area contributed by atoms with E-state index < -0.39 is 10.0 Å². The Bertz CT molecular complexity index is 852. The first-order valence-electron chi connectivity index (χ1n) is 8.01. The molecule has 1 atom stereocenters. The largest absolute Gasteiger partial charge is 0.351 e. The zero-order valence-corrected chi connectivity index (χ0v) is 16.2. The smallest absolute Gasteiger partial charge is 0.238 e. The van der Waals surface area contributed by atoms with E-state index in [9.17, 15) is 13.2 Å². The van der Waals surface area contributed by atoms with Gasteiger partial charge < -0.3 is 5.32 Å². The van der Waals surface area contributed by atoms with Gasteiger partial charge in [-0.1, -0.05) is 35.9 Å². The Kier molecular flexibility index (Phi) is 6.77. The monoisotopic (exact) mass is 395 g/mol. The van der Waals surface area contributed by atoms with Gasteiger partial charge in [0.1, 0.15) is 0 Å². The molecule has 0 spiro atoms. The number of carbonyl (C=O) groups is 1. The Morgan fingerprint density at radius 1 is 1.15 bits per heavy atom. The third-order valence-electron chi connectivity index (χ3n) is 4.15. The maximum absolute atomic E-state index is 12.1. The summed E-state index contributed by atoms with van der Waals surface area (Å²) in [4.78, 5) is 14.1. The van der Waals surface area contributed by atoms with Crippen LogP contribution in [-0.2, 0) is 21.4 Å². The Balaban J connectivity index is 1.90. The van der Waals surface area contributed by atoms with Gasteiger partial charge in [0, 0.05) is 17.6 Å². The van der Waals surface area contributed by atoms with Crippen LogP contribution in [0.2, 0.25) is 5.02 Å². The van der Waals surface area contributed by atoms with Gasteiger partial charge in [-0.05, 0) is 49.4 Å². The van der Waals surface area contributed by atoms with Crippen molar-refractivity contribution in [1.82, 2.24) is 10.2 Å². The van der Waals surface area contributed by atoms with Crippen LogP contribution in [0.15, 0.2) is 53.4 Å². The van der Waals surface area contributed by atoms with Crippen molar-refractivity contribution in [3.05, 3.63) is 64.7 Å². The van der Waals surface area contributed by atoms with Crippen molar-refractivity contribution in [2.45, 2.75) is 24.4 Å². The molecule has 2 aromatic rings. The number of amides is 1. The van der Waals surface area contributed by atoms with Crippen LogP contribution >= 0.6 is 11.6 Å². The molecular weight excluding hydrogens is 374 g/mol. The molecule has 2 rings (SSSR count). The predicted octanol–water partition coefficient (Wildman–Crippen LogP) is 2.30. The maximum Gasteiger partial charge on any atom is 0.238 e. The van der Waals surface area contributed by atoms with Gasteiger partial charge in [0.25, 0.3) is 0 Å². The number of likely N-dealkylation sites (N-methyl/N-ethyl adjacent to an activating group) is 1. The molecule has 8 heteroatoms. The van der Waals surface area contributed by atoms with E-state index in [1.54, 1.807) is 24.3 Å². The molecule has 0 radical (unpaired) electrons. The quantitative estimate of drug-likeness (QED) is 0.752. The van der Waals surface area contributed by atoms with Crippen molar-refractivity contribution in [2.75, 3.05) is 13.6 Å². The van der Waals surface area contributed by atoms with Crippen LogP contribution in [-0.4, -0.2) is 32.8 Å². The molecule has 3 N–H and O–H groups in total. The van der Waals surface area contributed by atoms with Gasteiger partial charge in [0.05, 0.1) is 11.4 Å². The second kappa shape index (κ2) is 8.64. The highest BCUT2D eigenvalue weighted by Gasteiger charge is 2.16. The van der Waals surface area contributed by atoms with Crippen molar-refractivity contribution in [2.24, 2.45) is 5.14 Å². The number of nitrogens with zero attached hydrogens (tertiary/aromatic N) is 1. The second-order valence-electron chi connectivity index (χ2n) is 6.11. The molecule has 6 nitrogen and oxygen atoms in total. The highest BCUT2D eigenvalue weighted by molar-refractivity contribution is 7.89. The molecule has 0 aliphatic heterocycles. The molecule has 1 amide bonds. The number of hydrogen-bond donors (Lipinski definition) is 2. The van der Waals surface area contributed by atoms with E-state index in [0.717, 1.165) is 11.1 Å². The minimum atomic E-state index is -3.71. The molecule has 0 aromatic heterocycles. The van der Waals surface area contributed by atoms with Crippen LogP contribution in [0.25, 0.3) is 0 Å². The molecule has 0 aliphatic carbocycles. The minimum absolute atomic E-state index is 0.0641. The lowest BCUT2D eigenvalue weighted by molar-refractivity contribution is -0.122. The van der Waals surface area contributed by atoms with Crippen molar-refractivity contribution < 1.29 is 13.2 Å². The fourth-order valence-corrected chi connectivity index (χ4v) is 3.05. The Labute approximate surface area is 159 Å². The fourth-order valence-electron chi connectivity index (χ4n) is 2.41. The maximum atomic E-state index is 12.1. The second-order valence-corrected chi connectivity index (χ2v) is 8.11. The molecule has 2 aromatic carbocycles. The van der Waals surface area contributed by atoms with Gasteiger partial charge in [-0.2, -0.15) is 0 Å². The first-order chi connectivity index (χ1) is 12.2. The third kappa shape index (κ3) is 5.81. The summed E-state index contributed by atoms with van der Waals surface area (Å²) < 4.78 is 22.6. The number of rotatable bonds is 7. The average molecular weight is 396 g/mol. The van der Waals surface area contributed by atoms with Crippen LogP contribution in [0.4, 0.5) is 0 Å². The highest BCUT2D eigenvalue weighted by atomic mass is 35.5. The zero-order chi connectivity index (χ0) is 19.3. The zero-order valence-electron chi connectivity index (χ0n) is 14.6. The fraction of sp³-hybridized carbons (Fsp3) is 0.278. The number of sulfonamides is 1. The number of halogens is 1. The van der Waals surface area contributed by atoms with E-state index in [1.165, 1.54) is 12.1 Å². The van der Waals surface area contributed by atoms with Gasteiger partial charge in [-0.3, -0.25) is 9.69 Å². The van der Waals surface area contributed by atoms with E-state index in [0.29, 0.717) is 11.6 Å². The highest BCUT2D eigenvalue weighted by Crippen LogP contribution is 2.20. The predicted molar refractivity (Wildman–Crippen MR) is 102 cm³/mol. The van der Waals surface area contributed by atoms with Gasteiger partial charge in [0.15, 0.2) is 0 Å². The van der Waals surface area contributed by atoms with E-state index in [2.05, 4.69) is 5.32 Å². The van der Waals surface area contributed by atoms with Crippen molar-refractivity contribution in [3.63, 3.8) is 0 Å². The summed E-state index contributed by atoms with van der Waals surface area (Å²) in [7, 11) is -1.87. The number of benzene rings is 2. The summed E-state index contributed by atoms with van der Waals surface area (Å²) >= 11 is 5.84. The Hall–Kier alpha value is -1.93. The number of nitrogens with two attached hydrogens (primary N) is 1. The number of carbonyl (C=O) groups excluding carboxylic acids is 1. The molecular formula is C18H22ClN3O3S. The third-order valence-corrected chi connectivity index (χ3v) is 5.33. The van der Waals surface area contributed by atoms with Crippen molar-refractivity contribution in [1.29, 1.82) is 0 Å². The molecule has 0 bridgehead atoms. The topological polar surface area (TPSA) is 92.5 Å². The summed E-state index contributed by atoms with van der Waals surface area (Å²) in [6.07, 6.45) is 0. The lowest BCUT2D eigenvalue weighted by Gasteiger charge is -2.24. The summed E-state index contributed by atoms with van der Waals surface area (Å²) in [5, 5.41) is 8.62. The number of primary sulfonamides is 1. The Morgan fingerprint density at radius 2 is 1.73 bits per heavy atom. The first-order valence-corrected chi connectivity index (χ1v) is 9.93. The normalized spacial score (nSPS) is 12.8. The van der Waals surface area contributed by atoms with Crippen LogP contribution in [0, 0.1) is 0 Å². The van der Waals surface area contributed by atoms with Gasteiger partial charge in [-0.15, -0.1) is 0 Å². The summed E-state index contributed by atoms with van der Waals surface area (Å²) in [6, 6.07) is 13.6. The van der Waals surface area contributed by atoms with Crippen molar-refractivity contribution in [3.8, 4) is 0 Å². The van der Waals surface area contributed by atoms with E-state index in [4.69, 9.17) is 16.7 Å². The minimum Gasteiger partial charge on any atom is -0.351 e. The van der Waals surface area contributed by atoms with Gasteiger partial charge >= 0.3 is 0 Å². The van der Waals surface area contributed by atoms with Gasteiger partial charge in [-0.25, -0.2) is 13.6 Å². The molecule has 0 saturated carbocycles. The SMILES string of the molecule is CC(c1ccc(S(N)(=O)=O)cc1)N(C)CC(=O)NCc1ccc(Cl)cc1. The standard InChI is InChI=1S/C18H22ClN3O3S/c1-13(15-5-9-17(10-6-15)26(20,24)25)22(2)12-18(23)21-11-14-3-7-16(19)8-4-14/h3-10,13H,11-12H2,1-2H3,(H,21,23)(H2,20,24,25). The van der Waals surface area contributed by atoms with E-state index in [-0.39, 0.29) is 23.4 Å². The average Bonchev–Trinajstić information content (AvgIpc) is 2.60. The summed E-state index contributed by atoms with van der Waals surface area (Å²) in [6.45, 7) is 2.59. The van der Waals surface area contributed by atoms with Crippen LogP contribution in [0.5, 0.6) is 0 Å². The van der Waals surface area contributed by atoms with Crippen LogP contribution in [0.3, 0.4) is 0 Å². The van der Waals surface area contributed by atoms with Crippen molar-refractivity contribution >= 4 is 27.5 Å². The summed E-state index contributed by atoms with van der Waals surface area (Å²) in [5.41, 5.74) is 1.86. The van der Waals surface area contributed by atoms with Crippen LogP contribution < -0.4 is 10.5 Å². The molecule has 0 aliphatic rings. The lowest BCUT2D eigenvalue weighted by Crippen LogP contribution is -2.36. The van der Waals surface area contributed by atoms with Crippen LogP contribution in [0.1, 0.15) is 24.1 Å². The Morgan fingerprint density at radius 3 is 2.27 bits per heavy atom. The molecule has 0 heterocycles. The first kappa shape index (κ1) is 20.4. The lowest BCUT2D eigenvalue weighted by atomic mass is 10.1. The molecule has 140 valence electrons. The summed E-state index contributed by atoms with van der Waals surface area (Å²) in [5.74, 6) is -0.101. The molecule has 0 saturated heterocycles. The molecule has 26 heavy (non-hydrogen) atoms. The van der Waals surface area contributed by atoms with Gasteiger partial charge in [0.2, 0.25) is 15.9 Å². The number of hydrogen-bond acceptors (Lipinski definition) is 4. The van der Waals surface area contributed by atoms with E-state index in [1.807, 2.05) is 31.0 Å². The molecule has 1 unspecified atom stereocenters. The molecule has 0 fully saturated rings. The number of nitrogens with one attached hydrogen (secondary N) is 1.